The number of anilines is 2. The Bertz CT molecular complexity index is 1340. The summed E-state index contributed by atoms with van der Waals surface area (Å²) in [6.45, 7) is 8.13. The fourth-order valence-corrected chi connectivity index (χ4v) is 5.13. The highest BCUT2D eigenvalue weighted by atomic mass is 35.5. The molecule has 0 amide bonds. The summed E-state index contributed by atoms with van der Waals surface area (Å²) in [5.74, 6) is -0.357. The van der Waals surface area contributed by atoms with Crippen molar-refractivity contribution >= 4 is 34.9 Å². The van der Waals surface area contributed by atoms with Crippen LogP contribution in [0.5, 0.6) is 0 Å². The zero-order valence-corrected chi connectivity index (χ0v) is 22.5. The Kier molecular flexibility index (Phi) is 7.98. The first-order chi connectivity index (χ1) is 18.0. The van der Waals surface area contributed by atoms with Crippen molar-refractivity contribution in [3.8, 4) is 28.1 Å². The van der Waals surface area contributed by atoms with Crippen LogP contribution in [0, 0.1) is 5.82 Å². The van der Waals surface area contributed by atoms with Crippen LogP contribution in [0.25, 0.3) is 28.1 Å². The predicted octanol–water partition coefficient (Wildman–Crippen LogP) is 6.66. The van der Waals surface area contributed by atoms with E-state index >= 15 is 4.39 Å². The van der Waals surface area contributed by atoms with Gasteiger partial charge < -0.3 is 14.9 Å². The molecule has 0 spiro atoms. The number of rotatable bonds is 8. The molecule has 0 radical (unpaired) electrons. The lowest BCUT2D eigenvalue weighted by atomic mass is 10.0. The van der Waals surface area contributed by atoms with E-state index < -0.39 is 0 Å². The van der Waals surface area contributed by atoms with E-state index in [-0.39, 0.29) is 5.82 Å². The first-order valence-corrected chi connectivity index (χ1v) is 13.8. The number of nitrogens with zero attached hydrogens (tertiary/aromatic N) is 4. The molecule has 2 aromatic heterocycles. The maximum Gasteiger partial charge on any atom is 0.155 e. The zero-order chi connectivity index (χ0) is 25.8. The highest BCUT2D eigenvalue weighted by molar-refractivity contribution is 8.01. The Balaban J connectivity index is 1.55. The molecule has 3 heterocycles. The number of halogens is 2. The summed E-state index contributed by atoms with van der Waals surface area (Å²) < 4.78 is 20.8. The molecule has 9 heteroatoms. The second kappa shape index (κ2) is 11.5. The Hall–Kier alpha value is -3.07. The minimum absolute atomic E-state index is 0.334. The van der Waals surface area contributed by atoms with Gasteiger partial charge in [0.05, 0.1) is 11.4 Å². The zero-order valence-electron chi connectivity index (χ0n) is 20.9. The van der Waals surface area contributed by atoms with Crippen molar-refractivity contribution in [3.05, 3.63) is 78.0 Å². The van der Waals surface area contributed by atoms with Crippen molar-refractivity contribution in [3.63, 3.8) is 0 Å². The van der Waals surface area contributed by atoms with E-state index in [0.29, 0.717) is 32.8 Å². The molecule has 37 heavy (non-hydrogen) atoms. The van der Waals surface area contributed by atoms with Gasteiger partial charge in [-0.15, -0.1) is 0 Å². The molecule has 2 aromatic carbocycles. The minimum atomic E-state index is -0.357. The summed E-state index contributed by atoms with van der Waals surface area (Å²) in [6.07, 6.45) is 6.27. The third-order valence-electron chi connectivity index (χ3n) is 6.54. The Morgan fingerprint density at radius 2 is 1.76 bits per heavy atom. The molecule has 0 bridgehead atoms. The number of aromatic nitrogens is 3. The van der Waals surface area contributed by atoms with Gasteiger partial charge in [-0.1, -0.05) is 25.4 Å². The smallest absolute Gasteiger partial charge is 0.155 e. The van der Waals surface area contributed by atoms with Gasteiger partial charge in [0.2, 0.25) is 0 Å². The maximum atomic E-state index is 15.9. The molecular weight excluding hydrogens is 507 g/mol. The number of hydrogen-bond acceptors (Lipinski definition) is 6. The van der Waals surface area contributed by atoms with Crippen LogP contribution in [0.1, 0.15) is 20.3 Å². The van der Waals surface area contributed by atoms with E-state index in [4.69, 9.17) is 16.7 Å². The molecule has 0 aliphatic carbocycles. The summed E-state index contributed by atoms with van der Waals surface area (Å²) in [4.78, 5) is 6.50. The first kappa shape index (κ1) is 25.6. The Morgan fingerprint density at radius 1 is 1.05 bits per heavy atom. The molecule has 2 N–H and O–H groups in total. The molecule has 4 aromatic rings. The van der Waals surface area contributed by atoms with Crippen molar-refractivity contribution in [1.29, 1.82) is 0 Å². The molecule has 5 rings (SSSR count). The van der Waals surface area contributed by atoms with E-state index in [1.54, 1.807) is 29.2 Å². The van der Waals surface area contributed by atoms with Gasteiger partial charge >= 0.3 is 0 Å². The topological polar surface area (TPSA) is 58.0 Å². The van der Waals surface area contributed by atoms with Crippen LogP contribution >= 0.6 is 23.5 Å². The van der Waals surface area contributed by atoms with Crippen molar-refractivity contribution in [2.45, 2.75) is 25.5 Å². The number of hydrogen-bond donors (Lipinski definition) is 2. The fourth-order valence-electron chi connectivity index (χ4n) is 4.27. The van der Waals surface area contributed by atoms with E-state index in [1.807, 2.05) is 18.3 Å². The van der Waals surface area contributed by atoms with Gasteiger partial charge in [-0.2, -0.15) is 5.10 Å². The van der Waals surface area contributed by atoms with Crippen LogP contribution in [0.4, 0.5) is 15.8 Å². The fraction of sp³-hybridized carbons (Fsp3) is 0.286. The van der Waals surface area contributed by atoms with Gasteiger partial charge in [0.15, 0.2) is 5.82 Å². The predicted molar refractivity (Wildman–Crippen MR) is 153 cm³/mol. The highest BCUT2D eigenvalue weighted by Crippen LogP contribution is 2.38. The summed E-state index contributed by atoms with van der Waals surface area (Å²) in [5.41, 5.74) is 5.01. The number of nitrogens with one attached hydrogen (secondary N) is 2. The molecule has 192 valence electrons. The number of pyridine rings is 1. The van der Waals surface area contributed by atoms with Crippen molar-refractivity contribution < 1.29 is 4.39 Å². The molecule has 1 aliphatic heterocycles. The normalized spacial score (nSPS) is 14.5. The quantitative estimate of drug-likeness (QED) is 0.245. The third kappa shape index (κ3) is 5.76. The van der Waals surface area contributed by atoms with Crippen molar-refractivity contribution in [1.82, 2.24) is 20.1 Å². The van der Waals surface area contributed by atoms with Crippen molar-refractivity contribution in [2.75, 3.05) is 35.8 Å². The molecule has 1 fully saturated rings. The van der Waals surface area contributed by atoms with Crippen molar-refractivity contribution in [2.24, 2.45) is 0 Å². The van der Waals surface area contributed by atoms with Gasteiger partial charge in [-0.3, -0.25) is 4.98 Å². The molecule has 6 nitrogen and oxygen atoms in total. The monoisotopic (exact) mass is 536 g/mol. The lowest BCUT2D eigenvalue weighted by molar-refractivity contribution is 0.589. The molecule has 1 unspecified atom stereocenters. The van der Waals surface area contributed by atoms with Gasteiger partial charge in [0.25, 0.3) is 0 Å². The van der Waals surface area contributed by atoms with Gasteiger partial charge in [0, 0.05) is 77.4 Å². The number of piperazine rings is 1. The van der Waals surface area contributed by atoms with Crippen LogP contribution < -0.4 is 14.9 Å². The van der Waals surface area contributed by atoms with Crippen LogP contribution in [0.3, 0.4) is 0 Å². The second-order valence-corrected chi connectivity index (χ2v) is 10.8. The van der Waals surface area contributed by atoms with E-state index in [1.165, 1.54) is 17.6 Å². The van der Waals surface area contributed by atoms with Gasteiger partial charge in [-0.25, -0.2) is 9.07 Å². The van der Waals surface area contributed by atoms with Crippen LogP contribution in [-0.2, 0) is 0 Å². The van der Waals surface area contributed by atoms with Gasteiger partial charge in [-0.05, 0) is 66.9 Å². The average Bonchev–Trinajstić information content (AvgIpc) is 3.39. The van der Waals surface area contributed by atoms with E-state index in [0.717, 1.165) is 43.9 Å². The number of benzene rings is 2. The SMILES string of the molecule is CCC(C)SNc1cc(Cl)cc(-c2cn(-c3ccc(N4CCNCC4)cc3)nc2-c2ccncc2)c1F. The van der Waals surface area contributed by atoms with Crippen LogP contribution in [0.15, 0.2) is 67.1 Å². The molecular formula is C28H30ClFN6S. The largest absolute Gasteiger partial charge is 0.369 e. The lowest BCUT2D eigenvalue weighted by Gasteiger charge is -2.29. The summed E-state index contributed by atoms with van der Waals surface area (Å²) in [7, 11) is 0. The summed E-state index contributed by atoms with van der Waals surface area (Å²) >= 11 is 7.96. The summed E-state index contributed by atoms with van der Waals surface area (Å²) in [5, 5.41) is 9.06. The standard InChI is InChI=1S/C28H30ClFN6S/c1-3-19(2)37-34-26-17-21(29)16-24(27(26)30)25-18-36(33-28(25)20-8-10-31-11-9-20)23-6-4-22(5-7-23)35-14-12-32-13-15-35/h4-11,16-19,32,34H,3,12-15H2,1-2H3. The average molecular weight is 537 g/mol. The Labute approximate surface area is 226 Å². The first-order valence-electron chi connectivity index (χ1n) is 12.5. The highest BCUT2D eigenvalue weighted by Gasteiger charge is 2.21. The maximum absolute atomic E-state index is 15.9. The van der Waals surface area contributed by atoms with Gasteiger partial charge in [0.1, 0.15) is 5.69 Å². The van der Waals surface area contributed by atoms with Crippen LogP contribution in [0.2, 0.25) is 5.02 Å². The van der Waals surface area contributed by atoms with Crippen LogP contribution in [-0.4, -0.2) is 46.2 Å². The van der Waals surface area contributed by atoms with E-state index in [2.05, 4.69) is 58.0 Å². The molecule has 1 aliphatic rings. The summed E-state index contributed by atoms with van der Waals surface area (Å²) in [6, 6.07) is 15.4. The molecule has 1 saturated heterocycles. The molecule has 0 saturated carbocycles. The second-order valence-electron chi connectivity index (χ2n) is 9.08. The molecule has 1 atom stereocenters. The lowest BCUT2D eigenvalue weighted by Crippen LogP contribution is -2.43. The Morgan fingerprint density at radius 3 is 2.46 bits per heavy atom. The minimum Gasteiger partial charge on any atom is -0.369 e. The van der Waals surface area contributed by atoms with E-state index in [9.17, 15) is 0 Å². The third-order valence-corrected chi connectivity index (χ3v) is 7.83.